The highest BCUT2D eigenvalue weighted by molar-refractivity contribution is 5.94. The summed E-state index contributed by atoms with van der Waals surface area (Å²) in [5.41, 5.74) is 2.95. The van der Waals surface area contributed by atoms with Gasteiger partial charge >= 0.3 is 0 Å². The van der Waals surface area contributed by atoms with Gasteiger partial charge in [-0.15, -0.1) is 0 Å². The second-order valence-corrected chi connectivity index (χ2v) is 7.09. The SMILES string of the molecule is COc1ccc(CNC(=O)c2ccc(-c3cc(Oc4ccccc4)ncn3)cc2)c(OC)c1. The van der Waals surface area contributed by atoms with Crippen LogP contribution in [-0.2, 0) is 6.54 Å². The summed E-state index contributed by atoms with van der Waals surface area (Å²) in [5, 5.41) is 2.92. The van der Waals surface area contributed by atoms with Gasteiger partial charge in [-0.05, 0) is 36.4 Å². The zero-order valence-corrected chi connectivity index (χ0v) is 18.3. The number of benzene rings is 3. The quantitative estimate of drug-likeness (QED) is 0.420. The van der Waals surface area contributed by atoms with E-state index >= 15 is 0 Å². The molecule has 0 unspecified atom stereocenters. The molecule has 1 N–H and O–H groups in total. The average molecular weight is 441 g/mol. The number of nitrogens with zero attached hydrogens (tertiary/aromatic N) is 2. The minimum atomic E-state index is -0.185. The lowest BCUT2D eigenvalue weighted by atomic mass is 10.1. The van der Waals surface area contributed by atoms with Crippen molar-refractivity contribution in [2.45, 2.75) is 6.54 Å². The van der Waals surface area contributed by atoms with Crippen LogP contribution in [0.5, 0.6) is 23.1 Å². The van der Waals surface area contributed by atoms with E-state index in [0.717, 1.165) is 11.1 Å². The highest BCUT2D eigenvalue weighted by Gasteiger charge is 2.10. The molecule has 0 aliphatic heterocycles. The maximum Gasteiger partial charge on any atom is 0.251 e. The standard InChI is InChI=1S/C26H23N3O4/c1-31-22-13-12-20(24(14-22)32-2)16-27-26(30)19-10-8-18(9-11-19)23-15-25(29-17-28-23)33-21-6-4-3-5-7-21/h3-15,17H,16H2,1-2H3,(H,27,30). The molecule has 0 aliphatic carbocycles. The minimum Gasteiger partial charge on any atom is -0.497 e. The van der Waals surface area contributed by atoms with E-state index in [1.165, 1.54) is 6.33 Å². The summed E-state index contributed by atoms with van der Waals surface area (Å²) >= 11 is 0. The summed E-state index contributed by atoms with van der Waals surface area (Å²) in [6, 6.07) is 23.9. The Bertz CT molecular complexity index is 1230. The van der Waals surface area contributed by atoms with Crippen molar-refractivity contribution >= 4 is 5.91 Å². The highest BCUT2D eigenvalue weighted by Crippen LogP contribution is 2.25. The van der Waals surface area contributed by atoms with E-state index in [-0.39, 0.29) is 5.91 Å². The fourth-order valence-electron chi connectivity index (χ4n) is 3.23. The van der Waals surface area contributed by atoms with Gasteiger partial charge in [-0.3, -0.25) is 4.79 Å². The van der Waals surface area contributed by atoms with Crippen LogP contribution in [0.1, 0.15) is 15.9 Å². The number of hydrogen-bond acceptors (Lipinski definition) is 6. The van der Waals surface area contributed by atoms with Crippen LogP contribution in [0.15, 0.2) is 85.2 Å². The number of para-hydroxylation sites is 1. The van der Waals surface area contributed by atoms with E-state index in [9.17, 15) is 4.79 Å². The molecule has 7 heteroatoms. The van der Waals surface area contributed by atoms with Gasteiger partial charge in [0.2, 0.25) is 5.88 Å². The van der Waals surface area contributed by atoms with E-state index in [1.54, 1.807) is 38.5 Å². The Labute approximate surface area is 192 Å². The van der Waals surface area contributed by atoms with Crippen molar-refractivity contribution in [2.24, 2.45) is 0 Å². The third kappa shape index (κ3) is 5.46. The lowest BCUT2D eigenvalue weighted by Crippen LogP contribution is -2.23. The van der Waals surface area contributed by atoms with Crippen molar-refractivity contribution in [2.75, 3.05) is 14.2 Å². The van der Waals surface area contributed by atoms with Crippen molar-refractivity contribution in [3.63, 3.8) is 0 Å². The van der Waals surface area contributed by atoms with Crippen LogP contribution in [0.3, 0.4) is 0 Å². The number of aromatic nitrogens is 2. The first-order chi connectivity index (χ1) is 16.2. The molecule has 0 radical (unpaired) electrons. The third-order valence-electron chi connectivity index (χ3n) is 4.98. The summed E-state index contributed by atoms with van der Waals surface area (Å²) in [5.74, 6) is 2.31. The predicted octanol–water partition coefficient (Wildman–Crippen LogP) is 4.88. The summed E-state index contributed by atoms with van der Waals surface area (Å²) in [6.07, 6.45) is 1.45. The molecule has 3 aromatic carbocycles. The molecule has 1 aromatic heterocycles. The lowest BCUT2D eigenvalue weighted by Gasteiger charge is -2.11. The number of ether oxygens (including phenoxy) is 3. The lowest BCUT2D eigenvalue weighted by molar-refractivity contribution is 0.0950. The largest absolute Gasteiger partial charge is 0.497 e. The van der Waals surface area contributed by atoms with Gasteiger partial charge < -0.3 is 19.5 Å². The molecule has 0 bridgehead atoms. The number of hydrogen-bond donors (Lipinski definition) is 1. The Balaban J connectivity index is 1.42. The Morgan fingerprint density at radius 1 is 0.848 bits per heavy atom. The van der Waals surface area contributed by atoms with Gasteiger partial charge in [0.25, 0.3) is 5.91 Å². The zero-order valence-electron chi connectivity index (χ0n) is 18.3. The predicted molar refractivity (Wildman–Crippen MR) is 125 cm³/mol. The van der Waals surface area contributed by atoms with Crippen molar-refractivity contribution in [3.05, 3.63) is 96.3 Å². The molecule has 0 aliphatic rings. The fraction of sp³-hybridized carbons (Fsp3) is 0.115. The monoisotopic (exact) mass is 441 g/mol. The second-order valence-electron chi connectivity index (χ2n) is 7.09. The molecule has 0 saturated carbocycles. The maximum absolute atomic E-state index is 12.6. The van der Waals surface area contributed by atoms with Crippen molar-refractivity contribution in [3.8, 4) is 34.4 Å². The first kappa shape index (κ1) is 21.8. The number of carbonyl (C=O) groups excluding carboxylic acids is 1. The molecule has 1 amide bonds. The molecule has 1 heterocycles. The summed E-state index contributed by atoms with van der Waals surface area (Å²) in [7, 11) is 3.18. The van der Waals surface area contributed by atoms with Gasteiger partial charge in [0.05, 0.1) is 19.9 Å². The molecular weight excluding hydrogens is 418 g/mol. The fourth-order valence-corrected chi connectivity index (χ4v) is 3.23. The van der Waals surface area contributed by atoms with Crippen molar-refractivity contribution < 1.29 is 19.0 Å². The maximum atomic E-state index is 12.6. The molecule has 166 valence electrons. The Kier molecular flexibility index (Phi) is 6.80. The van der Waals surface area contributed by atoms with Crippen molar-refractivity contribution in [1.29, 1.82) is 0 Å². The molecule has 0 atom stereocenters. The number of methoxy groups -OCH3 is 2. The van der Waals surface area contributed by atoms with E-state index in [0.29, 0.717) is 40.9 Å². The van der Waals surface area contributed by atoms with Crippen LogP contribution >= 0.6 is 0 Å². The summed E-state index contributed by atoms with van der Waals surface area (Å²) in [6.45, 7) is 0.333. The Morgan fingerprint density at radius 2 is 1.64 bits per heavy atom. The Morgan fingerprint density at radius 3 is 2.36 bits per heavy atom. The van der Waals surface area contributed by atoms with Crippen LogP contribution in [-0.4, -0.2) is 30.1 Å². The molecule has 0 spiro atoms. The summed E-state index contributed by atoms with van der Waals surface area (Å²) < 4.78 is 16.4. The van der Waals surface area contributed by atoms with Crippen LogP contribution in [0.4, 0.5) is 0 Å². The van der Waals surface area contributed by atoms with E-state index in [2.05, 4.69) is 15.3 Å². The van der Waals surface area contributed by atoms with Gasteiger partial charge in [0, 0.05) is 35.4 Å². The Hall–Kier alpha value is -4.39. The van der Waals surface area contributed by atoms with Gasteiger partial charge in [0.1, 0.15) is 23.6 Å². The number of rotatable bonds is 8. The molecule has 0 fully saturated rings. The topological polar surface area (TPSA) is 82.6 Å². The molecule has 0 saturated heterocycles. The first-order valence-corrected chi connectivity index (χ1v) is 10.3. The van der Waals surface area contributed by atoms with Crippen LogP contribution < -0.4 is 19.5 Å². The van der Waals surface area contributed by atoms with E-state index in [4.69, 9.17) is 14.2 Å². The van der Waals surface area contributed by atoms with Crippen molar-refractivity contribution in [1.82, 2.24) is 15.3 Å². The molecule has 7 nitrogen and oxygen atoms in total. The first-order valence-electron chi connectivity index (χ1n) is 10.3. The zero-order chi connectivity index (χ0) is 23.0. The van der Waals surface area contributed by atoms with Crippen LogP contribution in [0.2, 0.25) is 0 Å². The summed E-state index contributed by atoms with van der Waals surface area (Å²) in [4.78, 5) is 21.1. The van der Waals surface area contributed by atoms with Gasteiger partial charge in [0.15, 0.2) is 0 Å². The average Bonchev–Trinajstić information content (AvgIpc) is 2.88. The van der Waals surface area contributed by atoms with Crippen LogP contribution in [0, 0.1) is 0 Å². The number of carbonyl (C=O) groups is 1. The van der Waals surface area contributed by atoms with Gasteiger partial charge in [-0.25, -0.2) is 9.97 Å². The van der Waals surface area contributed by atoms with Crippen LogP contribution in [0.25, 0.3) is 11.3 Å². The molecule has 4 aromatic rings. The van der Waals surface area contributed by atoms with Gasteiger partial charge in [-0.2, -0.15) is 0 Å². The van der Waals surface area contributed by atoms with Gasteiger partial charge in [-0.1, -0.05) is 30.3 Å². The van der Waals surface area contributed by atoms with E-state index in [1.807, 2.05) is 54.6 Å². The third-order valence-corrected chi connectivity index (χ3v) is 4.98. The molecular formula is C26H23N3O4. The minimum absolute atomic E-state index is 0.185. The molecule has 4 rings (SSSR count). The number of amides is 1. The van der Waals surface area contributed by atoms with E-state index < -0.39 is 0 Å². The second kappa shape index (κ2) is 10.3. The molecule has 33 heavy (non-hydrogen) atoms. The number of nitrogens with one attached hydrogen (secondary N) is 1. The normalized spacial score (nSPS) is 10.4. The smallest absolute Gasteiger partial charge is 0.251 e. The highest BCUT2D eigenvalue weighted by atomic mass is 16.5.